The Labute approximate surface area is 105 Å². The third-order valence-electron chi connectivity index (χ3n) is 2.60. The zero-order valence-electron chi connectivity index (χ0n) is 10.4. The topological polar surface area (TPSA) is 66.4 Å². The molecule has 0 radical (unpaired) electrons. The Bertz CT molecular complexity index is 460. The number of benzene rings is 1. The van der Waals surface area contributed by atoms with Gasteiger partial charge in [0.25, 0.3) is 5.91 Å². The Morgan fingerprint density at radius 1 is 1.44 bits per heavy atom. The fourth-order valence-corrected chi connectivity index (χ4v) is 1.45. The van der Waals surface area contributed by atoms with E-state index in [4.69, 9.17) is 5.11 Å². The molecule has 5 heteroatoms. The smallest absolute Gasteiger partial charge is 0.303 e. The van der Waals surface area contributed by atoms with Crippen LogP contribution < -0.4 is 5.32 Å². The lowest BCUT2D eigenvalue weighted by atomic mass is 10.1. The van der Waals surface area contributed by atoms with E-state index in [2.05, 4.69) is 5.32 Å². The van der Waals surface area contributed by atoms with Crippen LogP contribution in [0, 0.1) is 12.7 Å². The predicted octanol–water partition coefficient (Wildman–Crippen LogP) is 2.12. The third kappa shape index (κ3) is 4.16. The number of nitrogens with one attached hydrogen (secondary N) is 1. The van der Waals surface area contributed by atoms with E-state index in [0.717, 1.165) is 0 Å². The molecule has 0 spiro atoms. The third-order valence-corrected chi connectivity index (χ3v) is 2.60. The molecule has 0 aliphatic rings. The largest absolute Gasteiger partial charge is 0.481 e. The first-order valence-corrected chi connectivity index (χ1v) is 5.69. The summed E-state index contributed by atoms with van der Waals surface area (Å²) in [5.41, 5.74) is 0.714. The maximum atomic E-state index is 13.3. The van der Waals surface area contributed by atoms with Crippen LogP contribution in [0.1, 0.15) is 35.7 Å². The highest BCUT2D eigenvalue weighted by atomic mass is 19.1. The number of amides is 1. The van der Waals surface area contributed by atoms with E-state index in [1.807, 2.05) is 0 Å². The van der Waals surface area contributed by atoms with E-state index in [1.54, 1.807) is 13.8 Å². The van der Waals surface area contributed by atoms with Crippen LogP contribution in [0.5, 0.6) is 0 Å². The van der Waals surface area contributed by atoms with Crippen LogP contribution in [-0.2, 0) is 4.79 Å². The van der Waals surface area contributed by atoms with Crippen molar-refractivity contribution in [2.45, 2.75) is 32.7 Å². The molecule has 0 aliphatic heterocycles. The molecule has 1 amide bonds. The van der Waals surface area contributed by atoms with Gasteiger partial charge in [-0.3, -0.25) is 9.59 Å². The van der Waals surface area contributed by atoms with Crippen LogP contribution in [0.15, 0.2) is 18.2 Å². The van der Waals surface area contributed by atoms with E-state index in [9.17, 15) is 14.0 Å². The number of hydrogen-bond acceptors (Lipinski definition) is 2. The molecule has 1 aromatic carbocycles. The van der Waals surface area contributed by atoms with E-state index < -0.39 is 17.7 Å². The minimum atomic E-state index is -0.905. The number of aliphatic carboxylic acids is 1. The van der Waals surface area contributed by atoms with Gasteiger partial charge in [0.2, 0.25) is 0 Å². The average molecular weight is 253 g/mol. The Balaban J connectivity index is 2.59. The van der Waals surface area contributed by atoms with Crippen molar-refractivity contribution in [1.82, 2.24) is 5.32 Å². The first-order valence-electron chi connectivity index (χ1n) is 5.69. The number of carbonyl (C=O) groups is 2. The first kappa shape index (κ1) is 14.2. The second kappa shape index (κ2) is 6.14. The summed E-state index contributed by atoms with van der Waals surface area (Å²) in [6.45, 7) is 3.33. The van der Waals surface area contributed by atoms with Crippen molar-refractivity contribution >= 4 is 11.9 Å². The SMILES string of the molecule is Cc1ccc(C(=O)NC(C)CCC(=O)O)cc1F. The van der Waals surface area contributed by atoms with Gasteiger partial charge in [-0.2, -0.15) is 0 Å². The molecule has 0 heterocycles. The summed E-state index contributed by atoms with van der Waals surface area (Å²) in [5.74, 6) is -1.73. The maximum Gasteiger partial charge on any atom is 0.303 e. The molecule has 0 saturated heterocycles. The Kier molecular flexibility index (Phi) is 4.83. The fourth-order valence-electron chi connectivity index (χ4n) is 1.45. The number of aryl methyl sites for hydroxylation is 1. The van der Waals surface area contributed by atoms with Gasteiger partial charge in [-0.25, -0.2) is 4.39 Å². The van der Waals surface area contributed by atoms with Crippen LogP contribution in [-0.4, -0.2) is 23.0 Å². The summed E-state index contributed by atoms with van der Waals surface area (Å²) in [5, 5.41) is 11.1. The van der Waals surface area contributed by atoms with Gasteiger partial charge in [0.05, 0.1) is 0 Å². The molecular weight excluding hydrogens is 237 g/mol. The van der Waals surface area contributed by atoms with Gasteiger partial charge in [0.1, 0.15) is 5.82 Å². The quantitative estimate of drug-likeness (QED) is 0.844. The van der Waals surface area contributed by atoms with Crippen LogP contribution in [0.25, 0.3) is 0 Å². The van der Waals surface area contributed by atoms with Gasteiger partial charge < -0.3 is 10.4 Å². The number of carboxylic acid groups (broad SMARTS) is 1. The van der Waals surface area contributed by atoms with Crippen molar-refractivity contribution in [2.75, 3.05) is 0 Å². The zero-order chi connectivity index (χ0) is 13.7. The van der Waals surface area contributed by atoms with Gasteiger partial charge in [-0.15, -0.1) is 0 Å². The molecule has 0 fully saturated rings. The van der Waals surface area contributed by atoms with Gasteiger partial charge in [0, 0.05) is 18.0 Å². The Hall–Kier alpha value is -1.91. The van der Waals surface area contributed by atoms with Crippen LogP contribution in [0.2, 0.25) is 0 Å². The highest BCUT2D eigenvalue weighted by molar-refractivity contribution is 5.94. The molecule has 2 N–H and O–H groups in total. The zero-order valence-corrected chi connectivity index (χ0v) is 10.4. The number of rotatable bonds is 5. The van der Waals surface area contributed by atoms with Crippen molar-refractivity contribution in [3.63, 3.8) is 0 Å². The molecule has 18 heavy (non-hydrogen) atoms. The van der Waals surface area contributed by atoms with Crippen molar-refractivity contribution < 1.29 is 19.1 Å². The molecule has 0 saturated carbocycles. The molecule has 4 nitrogen and oxygen atoms in total. The summed E-state index contributed by atoms with van der Waals surface area (Å²) < 4.78 is 13.3. The lowest BCUT2D eigenvalue weighted by Gasteiger charge is -2.13. The monoisotopic (exact) mass is 253 g/mol. The highest BCUT2D eigenvalue weighted by Gasteiger charge is 2.12. The first-order chi connectivity index (χ1) is 8.40. The second-order valence-electron chi connectivity index (χ2n) is 4.27. The molecule has 1 rings (SSSR count). The molecule has 98 valence electrons. The van der Waals surface area contributed by atoms with Crippen LogP contribution in [0.3, 0.4) is 0 Å². The molecule has 1 aromatic rings. The number of halogens is 1. The highest BCUT2D eigenvalue weighted by Crippen LogP contribution is 2.09. The van der Waals surface area contributed by atoms with E-state index in [0.29, 0.717) is 12.0 Å². The second-order valence-corrected chi connectivity index (χ2v) is 4.27. The number of carbonyl (C=O) groups excluding carboxylic acids is 1. The van der Waals surface area contributed by atoms with Crippen molar-refractivity contribution in [3.8, 4) is 0 Å². The lowest BCUT2D eigenvalue weighted by Crippen LogP contribution is -2.33. The van der Waals surface area contributed by atoms with E-state index in [1.165, 1.54) is 18.2 Å². The van der Waals surface area contributed by atoms with Crippen LogP contribution >= 0.6 is 0 Å². The number of carboxylic acids is 1. The van der Waals surface area contributed by atoms with Gasteiger partial charge in [-0.1, -0.05) is 6.07 Å². The van der Waals surface area contributed by atoms with Gasteiger partial charge in [0.15, 0.2) is 0 Å². The molecule has 1 unspecified atom stereocenters. The minimum absolute atomic E-state index is 0.0102. The minimum Gasteiger partial charge on any atom is -0.481 e. The lowest BCUT2D eigenvalue weighted by molar-refractivity contribution is -0.137. The summed E-state index contributed by atoms with van der Waals surface area (Å²) in [6, 6.07) is 3.98. The van der Waals surface area contributed by atoms with E-state index in [-0.39, 0.29) is 18.0 Å². The van der Waals surface area contributed by atoms with Crippen molar-refractivity contribution in [3.05, 3.63) is 35.1 Å². The summed E-state index contributed by atoms with van der Waals surface area (Å²) >= 11 is 0. The summed E-state index contributed by atoms with van der Waals surface area (Å²) in [4.78, 5) is 22.1. The molecular formula is C13H16FNO3. The maximum absolute atomic E-state index is 13.3. The summed E-state index contributed by atoms with van der Waals surface area (Å²) in [6.07, 6.45) is 0.332. The Morgan fingerprint density at radius 3 is 2.67 bits per heavy atom. The molecule has 1 atom stereocenters. The van der Waals surface area contributed by atoms with Gasteiger partial charge >= 0.3 is 5.97 Å². The van der Waals surface area contributed by atoms with E-state index >= 15 is 0 Å². The Morgan fingerprint density at radius 2 is 2.11 bits per heavy atom. The molecule has 0 aromatic heterocycles. The predicted molar refractivity (Wildman–Crippen MR) is 64.9 cm³/mol. The van der Waals surface area contributed by atoms with Crippen molar-refractivity contribution in [2.24, 2.45) is 0 Å². The standard InChI is InChI=1S/C13H16FNO3/c1-8-3-5-10(7-11(8)14)13(18)15-9(2)4-6-12(16)17/h3,5,7,9H,4,6H2,1-2H3,(H,15,18)(H,16,17). The molecule has 0 aliphatic carbocycles. The summed E-state index contributed by atoms with van der Waals surface area (Å²) in [7, 11) is 0. The average Bonchev–Trinajstić information content (AvgIpc) is 2.30. The van der Waals surface area contributed by atoms with Gasteiger partial charge in [-0.05, 0) is 38.0 Å². The van der Waals surface area contributed by atoms with Crippen molar-refractivity contribution in [1.29, 1.82) is 0 Å². The number of hydrogen-bond donors (Lipinski definition) is 2. The fraction of sp³-hybridized carbons (Fsp3) is 0.385. The van der Waals surface area contributed by atoms with Crippen LogP contribution in [0.4, 0.5) is 4.39 Å². The molecule has 0 bridgehead atoms. The normalized spacial score (nSPS) is 11.9.